The summed E-state index contributed by atoms with van der Waals surface area (Å²) in [4.78, 5) is 4.47. The van der Waals surface area contributed by atoms with Gasteiger partial charge in [-0.1, -0.05) is 30.3 Å². The Bertz CT molecular complexity index is 406. The first-order chi connectivity index (χ1) is 6.77. The third kappa shape index (κ3) is 1.84. The van der Waals surface area contributed by atoms with Crippen LogP contribution in [0.4, 0.5) is 0 Å². The summed E-state index contributed by atoms with van der Waals surface area (Å²) in [7, 11) is 0. The maximum Gasteiger partial charge on any atom is 0.123 e. The van der Waals surface area contributed by atoms with Gasteiger partial charge < -0.3 is 5.73 Å². The lowest BCUT2D eigenvalue weighted by molar-refractivity contribution is 0.790. The fourth-order valence-electron chi connectivity index (χ4n) is 1.21. The van der Waals surface area contributed by atoms with Gasteiger partial charge in [0, 0.05) is 17.0 Å². The summed E-state index contributed by atoms with van der Waals surface area (Å²) in [6.45, 7) is 1.95. The van der Waals surface area contributed by atoms with Crippen LogP contribution in [0.15, 0.2) is 35.7 Å². The van der Waals surface area contributed by atoms with Gasteiger partial charge in [0.25, 0.3) is 0 Å². The van der Waals surface area contributed by atoms with Crippen LogP contribution in [-0.2, 0) is 0 Å². The summed E-state index contributed by atoms with van der Waals surface area (Å²) in [6, 6.07) is 10.2. The number of thiazole rings is 1. The molecule has 0 aliphatic carbocycles. The van der Waals surface area contributed by atoms with Crippen molar-refractivity contribution in [1.82, 2.24) is 4.98 Å². The van der Waals surface area contributed by atoms with Crippen LogP contribution in [0, 0.1) is 0 Å². The first-order valence-electron chi connectivity index (χ1n) is 4.54. The van der Waals surface area contributed by atoms with Crippen molar-refractivity contribution in [3.63, 3.8) is 0 Å². The van der Waals surface area contributed by atoms with Crippen LogP contribution >= 0.6 is 11.3 Å². The monoisotopic (exact) mass is 204 g/mol. The van der Waals surface area contributed by atoms with Crippen LogP contribution < -0.4 is 5.73 Å². The molecule has 0 amide bonds. The van der Waals surface area contributed by atoms with Gasteiger partial charge in [-0.3, -0.25) is 0 Å². The van der Waals surface area contributed by atoms with Gasteiger partial charge in [0.05, 0.1) is 5.69 Å². The van der Waals surface area contributed by atoms with Crippen LogP contribution in [0.25, 0.3) is 10.6 Å². The van der Waals surface area contributed by atoms with Crippen molar-refractivity contribution in [2.45, 2.75) is 13.0 Å². The lowest BCUT2D eigenvalue weighted by Crippen LogP contribution is -2.04. The number of aromatic nitrogens is 1. The summed E-state index contributed by atoms with van der Waals surface area (Å²) < 4.78 is 0. The molecule has 14 heavy (non-hydrogen) atoms. The topological polar surface area (TPSA) is 38.9 Å². The zero-order chi connectivity index (χ0) is 9.97. The molecule has 0 fully saturated rings. The third-order valence-corrected chi connectivity index (χ3v) is 2.92. The molecule has 0 spiro atoms. The van der Waals surface area contributed by atoms with E-state index >= 15 is 0 Å². The first kappa shape index (κ1) is 9.37. The molecule has 0 saturated heterocycles. The van der Waals surface area contributed by atoms with Crippen LogP contribution in [-0.4, -0.2) is 4.98 Å². The molecule has 0 radical (unpaired) electrons. The Morgan fingerprint density at radius 2 is 2.00 bits per heavy atom. The normalized spacial score (nSPS) is 12.7. The second-order valence-corrected chi connectivity index (χ2v) is 4.09. The highest BCUT2D eigenvalue weighted by atomic mass is 32.1. The fourth-order valence-corrected chi connectivity index (χ4v) is 2.14. The predicted molar refractivity (Wildman–Crippen MR) is 60.2 cm³/mol. The van der Waals surface area contributed by atoms with Gasteiger partial charge >= 0.3 is 0 Å². The SMILES string of the molecule is C[C@H](N)c1csc(-c2ccccc2)n1. The Hall–Kier alpha value is -1.19. The average molecular weight is 204 g/mol. The minimum Gasteiger partial charge on any atom is -0.323 e. The molecular formula is C11H12N2S. The molecule has 0 aliphatic heterocycles. The van der Waals surface area contributed by atoms with Gasteiger partial charge in [0.2, 0.25) is 0 Å². The predicted octanol–water partition coefficient (Wildman–Crippen LogP) is 2.83. The number of nitrogens with two attached hydrogens (primary N) is 1. The van der Waals surface area contributed by atoms with Crippen LogP contribution in [0.2, 0.25) is 0 Å². The number of nitrogens with zero attached hydrogens (tertiary/aromatic N) is 1. The molecule has 2 N–H and O–H groups in total. The van der Waals surface area contributed by atoms with E-state index in [9.17, 15) is 0 Å². The van der Waals surface area contributed by atoms with E-state index in [4.69, 9.17) is 5.73 Å². The van der Waals surface area contributed by atoms with Crippen LogP contribution in [0.1, 0.15) is 18.7 Å². The molecular weight excluding hydrogens is 192 g/mol. The summed E-state index contributed by atoms with van der Waals surface area (Å²) in [6.07, 6.45) is 0. The zero-order valence-electron chi connectivity index (χ0n) is 7.97. The molecule has 2 rings (SSSR count). The van der Waals surface area contributed by atoms with E-state index in [1.807, 2.05) is 30.5 Å². The lowest BCUT2D eigenvalue weighted by atomic mass is 10.2. The summed E-state index contributed by atoms with van der Waals surface area (Å²) in [5, 5.41) is 3.06. The van der Waals surface area contributed by atoms with E-state index in [-0.39, 0.29) is 6.04 Å². The smallest absolute Gasteiger partial charge is 0.123 e. The number of hydrogen-bond acceptors (Lipinski definition) is 3. The summed E-state index contributed by atoms with van der Waals surface area (Å²) >= 11 is 1.64. The van der Waals surface area contributed by atoms with E-state index in [0.29, 0.717) is 0 Å². The molecule has 0 saturated carbocycles. The molecule has 0 unspecified atom stereocenters. The molecule has 1 atom stereocenters. The molecule has 0 bridgehead atoms. The first-order valence-corrected chi connectivity index (χ1v) is 5.42. The molecule has 72 valence electrons. The molecule has 3 heteroatoms. The molecule has 1 heterocycles. The van der Waals surface area contributed by atoms with E-state index in [1.165, 1.54) is 0 Å². The fraction of sp³-hybridized carbons (Fsp3) is 0.182. The molecule has 1 aromatic carbocycles. The standard InChI is InChI=1S/C11H12N2S/c1-8(12)10-7-14-11(13-10)9-5-3-2-4-6-9/h2-8H,12H2,1H3/t8-/m0/s1. The lowest BCUT2D eigenvalue weighted by Gasteiger charge is -1.98. The van der Waals surface area contributed by atoms with Crippen LogP contribution in [0.5, 0.6) is 0 Å². The molecule has 0 aliphatic rings. The van der Waals surface area contributed by atoms with Crippen molar-refractivity contribution in [3.05, 3.63) is 41.4 Å². The molecule has 1 aromatic heterocycles. The largest absolute Gasteiger partial charge is 0.323 e. The van der Waals surface area contributed by atoms with Gasteiger partial charge in [-0.2, -0.15) is 0 Å². The van der Waals surface area contributed by atoms with Crippen molar-refractivity contribution in [1.29, 1.82) is 0 Å². The Kier molecular flexibility index (Phi) is 2.61. The third-order valence-electron chi connectivity index (χ3n) is 2.01. The van der Waals surface area contributed by atoms with E-state index in [1.54, 1.807) is 11.3 Å². The molecule has 2 aromatic rings. The minimum absolute atomic E-state index is 0.0173. The van der Waals surface area contributed by atoms with E-state index in [2.05, 4.69) is 17.1 Å². The highest BCUT2D eigenvalue weighted by Crippen LogP contribution is 2.24. The van der Waals surface area contributed by atoms with Gasteiger partial charge in [0.1, 0.15) is 5.01 Å². The Morgan fingerprint density at radius 1 is 1.29 bits per heavy atom. The molecule has 2 nitrogen and oxygen atoms in total. The van der Waals surface area contributed by atoms with Gasteiger partial charge in [0.15, 0.2) is 0 Å². The average Bonchev–Trinajstić information content (AvgIpc) is 2.68. The maximum atomic E-state index is 5.75. The summed E-state index contributed by atoms with van der Waals surface area (Å²) in [5.74, 6) is 0. The Balaban J connectivity index is 2.34. The van der Waals surface area contributed by atoms with Crippen LogP contribution in [0.3, 0.4) is 0 Å². The van der Waals surface area contributed by atoms with Crippen molar-refractivity contribution >= 4 is 11.3 Å². The second kappa shape index (κ2) is 3.90. The Morgan fingerprint density at radius 3 is 2.57 bits per heavy atom. The number of rotatable bonds is 2. The van der Waals surface area contributed by atoms with Crippen molar-refractivity contribution in [2.24, 2.45) is 5.73 Å². The van der Waals surface area contributed by atoms with Gasteiger partial charge in [-0.15, -0.1) is 11.3 Å². The minimum atomic E-state index is 0.0173. The zero-order valence-corrected chi connectivity index (χ0v) is 8.79. The number of benzene rings is 1. The summed E-state index contributed by atoms with van der Waals surface area (Å²) in [5.41, 5.74) is 7.87. The quantitative estimate of drug-likeness (QED) is 0.817. The van der Waals surface area contributed by atoms with E-state index in [0.717, 1.165) is 16.3 Å². The Labute approximate surface area is 87.4 Å². The number of hydrogen-bond donors (Lipinski definition) is 1. The van der Waals surface area contributed by atoms with Gasteiger partial charge in [-0.25, -0.2) is 4.98 Å². The van der Waals surface area contributed by atoms with E-state index < -0.39 is 0 Å². The maximum absolute atomic E-state index is 5.75. The van der Waals surface area contributed by atoms with Crippen molar-refractivity contribution in [2.75, 3.05) is 0 Å². The highest BCUT2D eigenvalue weighted by Gasteiger charge is 2.06. The second-order valence-electron chi connectivity index (χ2n) is 3.23. The van der Waals surface area contributed by atoms with Crippen molar-refractivity contribution in [3.8, 4) is 10.6 Å². The van der Waals surface area contributed by atoms with Gasteiger partial charge in [-0.05, 0) is 6.92 Å². The highest BCUT2D eigenvalue weighted by molar-refractivity contribution is 7.13. The van der Waals surface area contributed by atoms with Crippen molar-refractivity contribution < 1.29 is 0 Å².